The minimum atomic E-state index is 0.0117. The Morgan fingerprint density at radius 1 is 1.33 bits per heavy atom. The van der Waals surface area contributed by atoms with Crippen molar-refractivity contribution in [2.75, 3.05) is 0 Å². The van der Waals surface area contributed by atoms with Gasteiger partial charge in [0.1, 0.15) is 11.7 Å². The van der Waals surface area contributed by atoms with Crippen LogP contribution in [0.3, 0.4) is 0 Å². The Morgan fingerprint density at radius 3 is 2.61 bits per heavy atom. The van der Waals surface area contributed by atoms with Gasteiger partial charge in [-0.05, 0) is 12.1 Å². The maximum absolute atomic E-state index is 7.33. The summed E-state index contributed by atoms with van der Waals surface area (Å²) in [5, 5.41) is 11.7. The van der Waals surface area contributed by atoms with Crippen molar-refractivity contribution in [3.8, 4) is 5.82 Å². The Balaban J connectivity index is 2.41. The van der Waals surface area contributed by atoms with Gasteiger partial charge in [-0.1, -0.05) is 13.8 Å². The van der Waals surface area contributed by atoms with E-state index in [4.69, 9.17) is 11.1 Å². The highest BCUT2D eigenvalue weighted by atomic mass is 15.4. The quantitative estimate of drug-likeness (QED) is 0.621. The van der Waals surface area contributed by atoms with Crippen molar-refractivity contribution < 1.29 is 0 Å². The summed E-state index contributed by atoms with van der Waals surface area (Å²) in [6.07, 6.45) is 3.17. The largest absolute Gasteiger partial charge is 0.384 e. The van der Waals surface area contributed by atoms with Gasteiger partial charge in [0.05, 0.1) is 0 Å². The van der Waals surface area contributed by atoms with Crippen molar-refractivity contribution in [1.29, 1.82) is 5.41 Å². The van der Waals surface area contributed by atoms with Gasteiger partial charge < -0.3 is 5.73 Å². The summed E-state index contributed by atoms with van der Waals surface area (Å²) in [7, 11) is 0. The summed E-state index contributed by atoms with van der Waals surface area (Å²) in [5.41, 5.74) is 6.00. The van der Waals surface area contributed by atoms with E-state index in [9.17, 15) is 0 Å². The molecule has 0 unspecified atom stereocenters. The number of aryl methyl sites for hydroxylation is 2. The van der Waals surface area contributed by atoms with Crippen LogP contribution in [0.4, 0.5) is 0 Å². The molecule has 2 heterocycles. The van der Waals surface area contributed by atoms with E-state index >= 15 is 0 Å². The number of pyridine rings is 1. The third-order valence-corrected chi connectivity index (χ3v) is 2.63. The first-order chi connectivity index (χ1) is 8.65. The third-order valence-electron chi connectivity index (χ3n) is 2.63. The molecule has 0 saturated carbocycles. The Labute approximate surface area is 105 Å². The summed E-state index contributed by atoms with van der Waals surface area (Å²) in [4.78, 5) is 8.69. The van der Waals surface area contributed by atoms with Gasteiger partial charge in [-0.3, -0.25) is 5.41 Å². The zero-order valence-electron chi connectivity index (χ0n) is 10.5. The number of amidine groups is 1. The minimum absolute atomic E-state index is 0.0117. The summed E-state index contributed by atoms with van der Waals surface area (Å²) < 4.78 is 1.74. The van der Waals surface area contributed by atoms with E-state index in [0.717, 1.165) is 24.5 Å². The molecule has 0 amide bonds. The lowest BCUT2D eigenvalue weighted by Gasteiger charge is -2.04. The number of aromatic nitrogens is 4. The van der Waals surface area contributed by atoms with Crippen LogP contribution in [0.2, 0.25) is 0 Å². The topological polar surface area (TPSA) is 93.5 Å². The first kappa shape index (κ1) is 12.2. The molecule has 6 nitrogen and oxygen atoms in total. The highest BCUT2D eigenvalue weighted by molar-refractivity contribution is 5.94. The molecule has 2 rings (SSSR count). The zero-order chi connectivity index (χ0) is 13.1. The lowest BCUT2D eigenvalue weighted by Crippen LogP contribution is -2.12. The first-order valence-electron chi connectivity index (χ1n) is 5.91. The maximum atomic E-state index is 7.33. The van der Waals surface area contributed by atoms with Crippen molar-refractivity contribution in [1.82, 2.24) is 19.7 Å². The molecule has 94 valence electrons. The number of rotatable bonds is 4. The molecule has 18 heavy (non-hydrogen) atoms. The molecule has 3 N–H and O–H groups in total. The zero-order valence-corrected chi connectivity index (χ0v) is 10.5. The molecule has 0 aromatic carbocycles. The van der Waals surface area contributed by atoms with Gasteiger partial charge >= 0.3 is 0 Å². The summed E-state index contributed by atoms with van der Waals surface area (Å²) in [6, 6.07) is 3.56. The van der Waals surface area contributed by atoms with Crippen LogP contribution in [0.5, 0.6) is 0 Å². The van der Waals surface area contributed by atoms with Crippen LogP contribution in [0.1, 0.15) is 31.1 Å². The third kappa shape index (κ3) is 2.22. The second kappa shape index (κ2) is 4.95. The molecule has 6 heteroatoms. The van der Waals surface area contributed by atoms with Crippen LogP contribution in [-0.2, 0) is 12.8 Å². The standard InChI is InChI=1S/C12H16N6/c1-3-9-16-10(4-2)18(17-9)11-6-5-8(7-15-11)12(13)14/h5-7H,3-4H2,1-2H3,(H3,13,14). The molecule has 2 aromatic rings. The van der Waals surface area contributed by atoms with Crippen molar-refractivity contribution in [3.63, 3.8) is 0 Å². The fraction of sp³-hybridized carbons (Fsp3) is 0.333. The summed E-state index contributed by atoms with van der Waals surface area (Å²) in [5.74, 6) is 2.40. The van der Waals surface area contributed by atoms with Crippen LogP contribution in [0, 0.1) is 5.41 Å². The molecular weight excluding hydrogens is 228 g/mol. The Bertz CT molecular complexity index is 554. The predicted molar refractivity (Wildman–Crippen MR) is 68.9 cm³/mol. The first-order valence-corrected chi connectivity index (χ1v) is 5.91. The van der Waals surface area contributed by atoms with Gasteiger partial charge in [-0.2, -0.15) is 4.68 Å². The Kier molecular flexibility index (Phi) is 3.36. The van der Waals surface area contributed by atoms with Gasteiger partial charge in [0, 0.05) is 24.6 Å². The molecule has 0 fully saturated rings. The summed E-state index contributed by atoms with van der Waals surface area (Å²) in [6.45, 7) is 4.05. The maximum Gasteiger partial charge on any atom is 0.155 e. The van der Waals surface area contributed by atoms with E-state index in [1.807, 2.05) is 13.8 Å². The van der Waals surface area contributed by atoms with Crippen molar-refractivity contribution in [2.24, 2.45) is 5.73 Å². The van der Waals surface area contributed by atoms with Crippen LogP contribution < -0.4 is 5.73 Å². The average Bonchev–Trinajstić information content (AvgIpc) is 2.82. The molecule has 0 aliphatic heterocycles. The second-order valence-electron chi connectivity index (χ2n) is 3.88. The van der Waals surface area contributed by atoms with Crippen LogP contribution >= 0.6 is 0 Å². The molecule has 2 aromatic heterocycles. The van der Waals surface area contributed by atoms with Crippen LogP contribution in [-0.4, -0.2) is 25.6 Å². The Morgan fingerprint density at radius 2 is 2.11 bits per heavy atom. The highest BCUT2D eigenvalue weighted by Gasteiger charge is 2.10. The molecular formula is C12H16N6. The van der Waals surface area contributed by atoms with Gasteiger partial charge in [0.25, 0.3) is 0 Å². The Hall–Kier alpha value is -2.24. The van der Waals surface area contributed by atoms with Gasteiger partial charge in [0.15, 0.2) is 11.6 Å². The van der Waals surface area contributed by atoms with Crippen LogP contribution in [0.15, 0.2) is 18.3 Å². The molecule has 0 bridgehead atoms. The monoisotopic (exact) mass is 244 g/mol. The van der Waals surface area contributed by atoms with E-state index < -0.39 is 0 Å². The fourth-order valence-electron chi connectivity index (χ4n) is 1.62. The molecule has 0 aliphatic carbocycles. The second-order valence-corrected chi connectivity index (χ2v) is 3.88. The van der Waals surface area contributed by atoms with E-state index in [-0.39, 0.29) is 5.84 Å². The number of hydrogen-bond donors (Lipinski definition) is 2. The normalized spacial score (nSPS) is 10.6. The lowest BCUT2D eigenvalue weighted by atomic mass is 10.2. The summed E-state index contributed by atoms with van der Waals surface area (Å²) >= 11 is 0. The smallest absolute Gasteiger partial charge is 0.155 e. The highest BCUT2D eigenvalue weighted by Crippen LogP contribution is 2.09. The van der Waals surface area contributed by atoms with Gasteiger partial charge in [0.2, 0.25) is 0 Å². The van der Waals surface area contributed by atoms with Crippen molar-refractivity contribution in [2.45, 2.75) is 26.7 Å². The predicted octanol–water partition coefficient (Wildman–Crippen LogP) is 1.07. The molecule has 0 saturated heterocycles. The number of nitrogens with zero attached hydrogens (tertiary/aromatic N) is 4. The number of nitrogens with one attached hydrogen (secondary N) is 1. The molecule has 0 radical (unpaired) electrons. The van der Waals surface area contributed by atoms with Gasteiger partial charge in [-0.25, -0.2) is 9.97 Å². The lowest BCUT2D eigenvalue weighted by molar-refractivity contribution is 0.769. The van der Waals surface area contributed by atoms with E-state index in [2.05, 4.69) is 15.1 Å². The SMILES string of the molecule is CCc1nc(CC)n(-c2ccc(C(=N)N)cn2)n1. The van der Waals surface area contributed by atoms with E-state index in [1.165, 1.54) is 0 Å². The fourth-order valence-corrected chi connectivity index (χ4v) is 1.62. The molecule has 0 atom stereocenters. The number of nitrogen functional groups attached to an aromatic ring is 1. The minimum Gasteiger partial charge on any atom is -0.384 e. The van der Waals surface area contributed by atoms with Crippen molar-refractivity contribution in [3.05, 3.63) is 35.5 Å². The van der Waals surface area contributed by atoms with E-state index in [1.54, 1.807) is 23.0 Å². The van der Waals surface area contributed by atoms with Crippen LogP contribution in [0.25, 0.3) is 5.82 Å². The van der Waals surface area contributed by atoms with Crippen molar-refractivity contribution >= 4 is 5.84 Å². The average molecular weight is 244 g/mol. The van der Waals surface area contributed by atoms with E-state index in [0.29, 0.717) is 11.4 Å². The number of nitrogens with two attached hydrogens (primary N) is 1. The molecule has 0 aliphatic rings. The number of hydrogen-bond acceptors (Lipinski definition) is 4. The molecule has 0 spiro atoms. The van der Waals surface area contributed by atoms with Gasteiger partial charge in [-0.15, -0.1) is 5.10 Å².